The Morgan fingerprint density at radius 3 is 2.40 bits per heavy atom. The van der Waals surface area contributed by atoms with E-state index >= 15 is 0 Å². The van der Waals surface area contributed by atoms with E-state index in [1.807, 2.05) is 0 Å². The van der Waals surface area contributed by atoms with Gasteiger partial charge in [0, 0.05) is 56.8 Å². The summed E-state index contributed by atoms with van der Waals surface area (Å²) in [5.41, 5.74) is -0.596. The van der Waals surface area contributed by atoms with Gasteiger partial charge in [-0.05, 0) is 12.1 Å². The number of rotatable bonds is 4. The molecule has 0 bridgehead atoms. The molecule has 1 amide bonds. The van der Waals surface area contributed by atoms with E-state index in [1.165, 1.54) is 43.9 Å². The average Bonchev–Trinajstić information content (AvgIpc) is 3.23. The lowest BCUT2D eigenvalue weighted by atomic mass is 10.2. The zero-order valence-electron chi connectivity index (χ0n) is 15.6. The summed E-state index contributed by atoms with van der Waals surface area (Å²) in [6.07, 6.45) is 1.29. The van der Waals surface area contributed by atoms with Crippen molar-refractivity contribution in [1.82, 2.24) is 18.8 Å². The van der Waals surface area contributed by atoms with E-state index in [0.29, 0.717) is 11.7 Å². The van der Waals surface area contributed by atoms with Gasteiger partial charge in [-0.3, -0.25) is 24.3 Å². The van der Waals surface area contributed by atoms with Crippen molar-refractivity contribution >= 4 is 33.4 Å². The zero-order valence-corrected chi connectivity index (χ0v) is 17.3. The van der Waals surface area contributed by atoms with Crippen LogP contribution in [-0.4, -0.2) is 69.9 Å². The topological polar surface area (TPSA) is 136 Å². The van der Waals surface area contributed by atoms with E-state index < -0.39 is 20.9 Å². The molecule has 0 aliphatic carbocycles. The van der Waals surface area contributed by atoms with Gasteiger partial charge in [0.2, 0.25) is 10.0 Å². The van der Waals surface area contributed by atoms with Crippen LogP contribution in [0.25, 0.3) is 0 Å². The Morgan fingerprint density at radius 1 is 1.10 bits per heavy atom. The van der Waals surface area contributed by atoms with Gasteiger partial charge in [0.05, 0.1) is 9.82 Å². The molecule has 3 heterocycles. The van der Waals surface area contributed by atoms with Crippen LogP contribution in [0.2, 0.25) is 0 Å². The van der Waals surface area contributed by atoms with Gasteiger partial charge in [0.25, 0.3) is 17.2 Å². The molecule has 2 aliphatic heterocycles. The summed E-state index contributed by atoms with van der Waals surface area (Å²) >= 11 is 1.46. The third-order valence-electron chi connectivity index (χ3n) is 5.00. The molecule has 11 nitrogen and oxygen atoms in total. The van der Waals surface area contributed by atoms with E-state index in [9.17, 15) is 28.1 Å². The van der Waals surface area contributed by atoms with Crippen LogP contribution in [0, 0.1) is 10.1 Å². The second kappa shape index (κ2) is 7.81. The Bertz CT molecular complexity index is 1170. The molecule has 0 atom stereocenters. The molecule has 13 heteroatoms. The van der Waals surface area contributed by atoms with Crippen LogP contribution in [0.5, 0.6) is 0 Å². The van der Waals surface area contributed by atoms with Gasteiger partial charge in [-0.15, -0.1) is 0 Å². The summed E-state index contributed by atoms with van der Waals surface area (Å²) in [6, 6.07) is 4.67. The number of thioether (sulfide) groups is 1. The van der Waals surface area contributed by atoms with Crippen molar-refractivity contribution in [2.75, 3.05) is 31.9 Å². The van der Waals surface area contributed by atoms with Crippen LogP contribution < -0.4 is 5.56 Å². The molecule has 0 N–H and O–H groups in total. The number of nitro benzene ring substituents is 1. The predicted octanol–water partition coefficient (Wildman–Crippen LogP) is 0.404. The minimum atomic E-state index is -3.84. The fourth-order valence-corrected chi connectivity index (χ4v) is 5.69. The molecule has 158 valence electrons. The second-order valence-corrected chi connectivity index (χ2v) is 9.71. The number of carbonyl (C=O) groups excluding carboxylic acids is 1. The van der Waals surface area contributed by atoms with Crippen LogP contribution in [0.15, 0.2) is 45.3 Å². The molecular formula is C17H17N5O6S2. The lowest BCUT2D eigenvalue weighted by Gasteiger charge is -2.33. The number of benzene rings is 1. The molecule has 0 radical (unpaired) electrons. The monoisotopic (exact) mass is 451 g/mol. The molecule has 1 saturated heterocycles. The average molecular weight is 451 g/mol. The number of non-ortho nitro benzene ring substituents is 1. The van der Waals surface area contributed by atoms with Crippen molar-refractivity contribution in [1.29, 1.82) is 0 Å². The molecule has 1 fully saturated rings. The number of hydrogen-bond acceptors (Lipinski definition) is 8. The Labute approximate surface area is 175 Å². The number of aromatic nitrogens is 2. The number of nitrogens with zero attached hydrogens (tertiary/aromatic N) is 5. The number of fused-ring (bicyclic) bond motifs is 1. The second-order valence-electron chi connectivity index (χ2n) is 6.71. The summed E-state index contributed by atoms with van der Waals surface area (Å²) in [7, 11) is -3.84. The van der Waals surface area contributed by atoms with E-state index in [0.717, 1.165) is 17.9 Å². The Kier molecular flexibility index (Phi) is 5.34. The van der Waals surface area contributed by atoms with Gasteiger partial charge < -0.3 is 4.90 Å². The number of hydrogen-bond donors (Lipinski definition) is 0. The van der Waals surface area contributed by atoms with Gasteiger partial charge >= 0.3 is 0 Å². The van der Waals surface area contributed by atoms with Gasteiger partial charge in [0.15, 0.2) is 5.16 Å². The smallest absolute Gasteiger partial charge is 0.269 e. The SMILES string of the molecule is O=C(c1cnc2n(c1=O)CCS2)N1CCN(S(=O)(=O)c2ccc([N+](=O)[O-])cc2)CC1. The molecular weight excluding hydrogens is 434 g/mol. The first-order valence-corrected chi connectivity index (χ1v) is 11.5. The van der Waals surface area contributed by atoms with E-state index in [4.69, 9.17) is 0 Å². The Morgan fingerprint density at radius 2 is 1.77 bits per heavy atom. The highest BCUT2D eigenvalue weighted by Gasteiger charge is 2.32. The van der Waals surface area contributed by atoms with E-state index in [-0.39, 0.29) is 47.9 Å². The molecule has 1 aromatic heterocycles. The molecule has 0 saturated carbocycles. The maximum absolute atomic E-state index is 12.8. The van der Waals surface area contributed by atoms with Crippen molar-refractivity contribution in [3.05, 3.63) is 56.5 Å². The van der Waals surface area contributed by atoms with Gasteiger partial charge in [-0.2, -0.15) is 4.31 Å². The molecule has 4 rings (SSSR count). The highest BCUT2D eigenvalue weighted by Crippen LogP contribution is 2.22. The quantitative estimate of drug-likeness (QED) is 0.370. The third kappa shape index (κ3) is 3.59. The first-order chi connectivity index (χ1) is 14.3. The summed E-state index contributed by atoms with van der Waals surface area (Å²) in [6.45, 7) is 0.872. The lowest BCUT2D eigenvalue weighted by molar-refractivity contribution is -0.384. The largest absolute Gasteiger partial charge is 0.336 e. The molecule has 0 unspecified atom stereocenters. The number of sulfonamides is 1. The molecule has 2 aliphatic rings. The third-order valence-corrected chi connectivity index (χ3v) is 7.88. The van der Waals surface area contributed by atoms with Crippen molar-refractivity contribution in [3.63, 3.8) is 0 Å². The summed E-state index contributed by atoms with van der Waals surface area (Å²) in [4.78, 5) is 41.0. The predicted molar refractivity (Wildman–Crippen MR) is 107 cm³/mol. The Balaban J connectivity index is 1.46. The fraction of sp³-hybridized carbons (Fsp3) is 0.353. The number of nitro groups is 1. The van der Waals surface area contributed by atoms with E-state index in [2.05, 4.69) is 4.98 Å². The van der Waals surface area contributed by atoms with Gasteiger partial charge in [0.1, 0.15) is 5.56 Å². The summed E-state index contributed by atoms with van der Waals surface area (Å²) in [5.74, 6) is 0.270. The van der Waals surface area contributed by atoms with Gasteiger partial charge in [-0.1, -0.05) is 11.8 Å². The molecule has 0 spiro atoms. The van der Waals surface area contributed by atoms with Crippen LogP contribution in [0.3, 0.4) is 0 Å². The summed E-state index contributed by atoms with van der Waals surface area (Å²) < 4.78 is 28.3. The number of piperazine rings is 1. The molecule has 30 heavy (non-hydrogen) atoms. The number of carbonyl (C=O) groups is 1. The highest BCUT2D eigenvalue weighted by atomic mass is 32.2. The van der Waals surface area contributed by atoms with Crippen LogP contribution in [0.1, 0.15) is 10.4 Å². The first-order valence-electron chi connectivity index (χ1n) is 9.05. The minimum absolute atomic E-state index is 0.0204. The Hall–Kier alpha value is -2.77. The highest BCUT2D eigenvalue weighted by molar-refractivity contribution is 7.99. The maximum Gasteiger partial charge on any atom is 0.269 e. The lowest BCUT2D eigenvalue weighted by Crippen LogP contribution is -2.51. The van der Waals surface area contributed by atoms with Crippen molar-refractivity contribution in [3.8, 4) is 0 Å². The van der Waals surface area contributed by atoms with E-state index in [1.54, 1.807) is 0 Å². The molecule has 2 aromatic rings. The van der Waals surface area contributed by atoms with Crippen molar-refractivity contribution < 1.29 is 18.1 Å². The van der Waals surface area contributed by atoms with Crippen molar-refractivity contribution in [2.45, 2.75) is 16.6 Å². The normalized spacial score (nSPS) is 17.0. The first kappa shape index (κ1) is 20.5. The van der Waals surface area contributed by atoms with Crippen LogP contribution in [0.4, 0.5) is 5.69 Å². The van der Waals surface area contributed by atoms with Crippen LogP contribution in [-0.2, 0) is 16.6 Å². The van der Waals surface area contributed by atoms with Gasteiger partial charge in [-0.25, -0.2) is 13.4 Å². The zero-order chi connectivity index (χ0) is 21.5. The summed E-state index contributed by atoms with van der Waals surface area (Å²) in [5, 5.41) is 11.3. The fourth-order valence-electron chi connectivity index (χ4n) is 3.36. The maximum atomic E-state index is 12.8. The van der Waals surface area contributed by atoms with Crippen molar-refractivity contribution in [2.24, 2.45) is 0 Å². The van der Waals surface area contributed by atoms with Crippen LogP contribution >= 0.6 is 11.8 Å². The standard InChI is InChI=1S/C17H17N5O6S2/c23-15(14-11-18-17-21(16(14)24)9-10-29-17)19-5-7-20(8-6-19)30(27,28)13-3-1-12(2-4-13)22(25)26/h1-4,11H,5-10H2. The number of amides is 1. The molecule has 1 aromatic carbocycles. The minimum Gasteiger partial charge on any atom is -0.336 e.